The molecule has 0 aromatic carbocycles. The molecule has 7 nitrogen and oxygen atoms in total. The average Bonchev–Trinajstić information content (AvgIpc) is 2.32. The smallest absolute Gasteiger partial charge is 0.434 e. The minimum absolute atomic E-state index is 0.252. The van der Waals surface area contributed by atoms with Gasteiger partial charge in [0.2, 0.25) is 0 Å². The molecule has 0 radical (unpaired) electrons. The fourth-order valence-electron chi connectivity index (χ4n) is 0.544. The molecule has 0 atom stereocenters. The van der Waals surface area contributed by atoms with Gasteiger partial charge >= 0.3 is 6.09 Å². The third-order valence-electron chi connectivity index (χ3n) is 0.983. The molecule has 58 valence electrons. The van der Waals surface area contributed by atoms with Crippen molar-refractivity contribution in [3.63, 3.8) is 0 Å². The molecule has 0 saturated carbocycles. The standard InChI is InChI=1S/C4H4N4O3/c5-3(9)2-1-6-7-8(2)4(10)11/h1H,(H2,5,9)(H,10,11). The van der Waals surface area contributed by atoms with Gasteiger partial charge in [0.25, 0.3) is 5.91 Å². The first-order chi connectivity index (χ1) is 5.13. The molecule has 0 aliphatic rings. The largest absolute Gasteiger partial charge is 0.463 e. The lowest BCUT2D eigenvalue weighted by molar-refractivity contribution is 0.0988. The van der Waals surface area contributed by atoms with E-state index in [1.807, 2.05) is 0 Å². The highest BCUT2D eigenvalue weighted by Crippen LogP contribution is 1.92. The van der Waals surface area contributed by atoms with Crippen molar-refractivity contribution in [3.8, 4) is 0 Å². The Morgan fingerprint density at radius 2 is 2.27 bits per heavy atom. The van der Waals surface area contributed by atoms with Gasteiger partial charge in [-0.3, -0.25) is 4.79 Å². The molecule has 0 bridgehead atoms. The number of carbonyl (C=O) groups is 2. The Hall–Kier alpha value is -1.92. The first kappa shape index (κ1) is 7.19. The molecule has 1 aromatic rings. The number of carbonyl (C=O) groups excluding carboxylic acids is 1. The number of rotatable bonds is 1. The van der Waals surface area contributed by atoms with E-state index in [0.29, 0.717) is 4.68 Å². The predicted molar refractivity (Wildman–Crippen MR) is 32.0 cm³/mol. The molecular formula is C4H4N4O3. The van der Waals surface area contributed by atoms with Crippen LogP contribution >= 0.6 is 0 Å². The zero-order valence-corrected chi connectivity index (χ0v) is 5.26. The molecular weight excluding hydrogens is 152 g/mol. The maximum atomic E-state index is 10.4. The molecule has 0 aliphatic carbocycles. The summed E-state index contributed by atoms with van der Waals surface area (Å²) in [5.74, 6) is -0.877. The summed E-state index contributed by atoms with van der Waals surface area (Å²) in [5.41, 5.74) is 4.54. The van der Waals surface area contributed by atoms with Crippen LogP contribution in [-0.2, 0) is 0 Å². The van der Waals surface area contributed by atoms with Crippen molar-refractivity contribution in [3.05, 3.63) is 11.9 Å². The fraction of sp³-hybridized carbons (Fsp3) is 0. The number of primary amides is 1. The van der Waals surface area contributed by atoms with E-state index in [9.17, 15) is 9.59 Å². The molecule has 0 fully saturated rings. The molecule has 0 unspecified atom stereocenters. The zero-order valence-electron chi connectivity index (χ0n) is 5.26. The summed E-state index contributed by atoms with van der Waals surface area (Å²) in [6.07, 6.45) is -0.410. The third-order valence-corrected chi connectivity index (χ3v) is 0.983. The minimum Gasteiger partial charge on any atom is -0.463 e. The maximum absolute atomic E-state index is 10.4. The molecule has 1 heterocycles. The zero-order chi connectivity index (χ0) is 8.43. The fourth-order valence-corrected chi connectivity index (χ4v) is 0.544. The molecule has 0 aliphatic heterocycles. The Bertz CT molecular complexity index is 276. The number of hydrogen-bond acceptors (Lipinski definition) is 4. The molecule has 1 rings (SSSR count). The maximum Gasteiger partial charge on any atom is 0.434 e. The Morgan fingerprint density at radius 3 is 2.64 bits per heavy atom. The number of nitrogens with zero attached hydrogens (tertiary/aromatic N) is 3. The first-order valence-corrected chi connectivity index (χ1v) is 2.56. The van der Waals surface area contributed by atoms with Gasteiger partial charge in [0.15, 0.2) is 5.69 Å². The summed E-state index contributed by atoms with van der Waals surface area (Å²) in [7, 11) is 0. The van der Waals surface area contributed by atoms with Crippen LogP contribution in [0.5, 0.6) is 0 Å². The van der Waals surface area contributed by atoms with Crippen LogP contribution in [0.2, 0.25) is 0 Å². The SMILES string of the molecule is NC(=O)c1cnnn1C(=O)O. The van der Waals surface area contributed by atoms with Gasteiger partial charge in [-0.2, -0.15) is 0 Å². The molecule has 1 aromatic heterocycles. The number of aromatic nitrogens is 3. The summed E-state index contributed by atoms with van der Waals surface area (Å²) in [5, 5.41) is 14.7. The molecule has 7 heteroatoms. The van der Waals surface area contributed by atoms with E-state index in [-0.39, 0.29) is 5.69 Å². The first-order valence-electron chi connectivity index (χ1n) is 2.56. The predicted octanol–water partition coefficient (Wildman–Crippen LogP) is -1.10. The van der Waals surface area contributed by atoms with E-state index in [1.165, 1.54) is 0 Å². The Kier molecular flexibility index (Phi) is 1.55. The molecule has 0 spiro atoms. The topological polar surface area (TPSA) is 111 Å². The lowest BCUT2D eigenvalue weighted by Gasteiger charge is -1.92. The van der Waals surface area contributed by atoms with E-state index >= 15 is 0 Å². The van der Waals surface area contributed by atoms with Crippen LogP contribution in [-0.4, -0.2) is 32.1 Å². The average molecular weight is 156 g/mol. The highest BCUT2D eigenvalue weighted by molar-refractivity contribution is 5.93. The second kappa shape index (κ2) is 2.37. The summed E-state index contributed by atoms with van der Waals surface area (Å²) in [6, 6.07) is 0. The van der Waals surface area contributed by atoms with E-state index in [4.69, 9.17) is 10.8 Å². The molecule has 0 saturated heterocycles. The van der Waals surface area contributed by atoms with Gasteiger partial charge < -0.3 is 10.8 Å². The molecule has 11 heavy (non-hydrogen) atoms. The van der Waals surface area contributed by atoms with Gasteiger partial charge in [0, 0.05) is 0 Å². The second-order valence-corrected chi connectivity index (χ2v) is 1.68. The van der Waals surface area contributed by atoms with E-state index in [1.54, 1.807) is 0 Å². The van der Waals surface area contributed by atoms with Crippen molar-refractivity contribution in [2.75, 3.05) is 0 Å². The van der Waals surface area contributed by atoms with Crippen molar-refractivity contribution in [2.24, 2.45) is 5.73 Å². The van der Waals surface area contributed by atoms with E-state index in [0.717, 1.165) is 6.20 Å². The van der Waals surface area contributed by atoms with Crippen LogP contribution in [0.1, 0.15) is 10.5 Å². The summed E-state index contributed by atoms with van der Waals surface area (Å²) < 4.78 is 0.405. The van der Waals surface area contributed by atoms with Crippen LogP contribution in [0, 0.1) is 0 Å². The Labute approximate surface area is 60.4 Å². The Balaban J connectivity index is 3.16. The number of hydrogen-bond donors (Lipinski definition) is 2. The second-order valence-electron chi connectivity index (χ2n) is 1.68. The van der Waals surface area contributed by atoms with Crippen molar-refractivity contribution in [1.29, 1.82) is 0 Å². The van der Waals surface area contributed by atoms with Gasteiger partial charge in [0.05, 0.1) is 6.20 Å². The monoisotopic (exact) mass is 156 g/mol. The molecule has 1 amide bonds. The third kappa shape index (κ3) is 1.16. The number of nitrogens with two attached hydrogens (primary N) is 1. The number of amides is 1. The minimum atomic E-state index is -1.39. The highest BCUT2D eigenvalue weighted by Gasteiger charge is 2.13. The van der Waals surface area contributed by atoms with Crippen molar-refractivity contribution in [1.82, 2.24) is 15.0 Å². The summed E-state index contributed by atoms with van der Waals surface area (Å²) in [6.45, 7) is 0. The van der Waals surface area contributed by atoms with Crippen LogP contribution in [0.3, 0.4) is 0 Å². The quantitative estimate of drug-likeness (QED) is 0.536. The van der Waals surface area contributed by atoms with Crippen LogP contribution < -0.4 is 5.73 Å². The van der Waals surface area contributed by atoms with Gasteiger partial charge in [-0.15, -0.1) is 9.78 Å². The van der Waals surface area contributed by atoms with Crippen molar-refractivity contribution in [2.45, 2.75) is 0 Å². The summed E-state index contributed by atoms with van der Waals surface area (Å²) >= 11 is 0. The highest BCUT2D eigenvalue weighted by atomic mass is 16.4. The lowest BCUT2D eigenvalue weighted by atomic mass is 10.4. The van der Waals surface area contributed by atoms with Gasteiger partial charge in [-0.1, -0.05) is 5.21 Å². The normalized spacial score (nSPS) is 9.45. The van der Waals surface area contributed by atoms with Gasteiger partial charge in [0.1, 0.15) is 0 Å². The number of carboxylic acid groups (broad SMARTS) is 1. The van der Waals surface area contributed by atoms with Crippen molar-refractivity contribution >= 4 is 12.0 Å². The van der Waals surface area contributed by atoms with Gasteiger partial charge in [-0.05, 0) is 0 Å². The van der Waals surface area contributed by atoms with Gasteiger partial charge in [-0.25, -0.2) is 4.79 Å². The Morgan fingerprint density at radius 1 is 1.64 bits per heavy atom. The van der Waals surface area contributed by atoms with Crippen molar-refractivity contribution < 1.29 is 14.7 Å². The van der Waals surface area contributed by atoms with Crippen LogP contribution in [0.25, 0.3) is 0 Å². The van der Waals surface area contributed by atoms with E-state index in [2.05, 4.69) is 10.3 Å². The molecule has 3 N–H and O–H groups in total. The summed E-state index contributed by atoms with van der Waals surface area (Å²) in [4.78, 5) is 20.7. The van der Waals surface area contributed by atoms with Crippen LogP contribution in [0.15, 0.2) is 6.20 Å². The van der Waals surface area contributed by atoms with Crippen LogP contribution in [0.4, 0.5) is 4.79 Å². The lowest BCUT2D eigenvalue weighted by Crippen LogP contribution is -2.21. The van der Waals surface area contributed by atoms with E-state index < -0.39 is 12.0 Å².